The van der Waals surface area contributed by atoms with E-state index < -0.39 is 0 Å². The van der Waals surface area contributed by atoms with Gasteiger partial charge in [0.05, 0.1) is 6.61 Å². The second-order valence-corrected chi connectivity index (χ2v) is 8.46. The van der Waals surface area contributed by atoms with Crippen LogP contribution < -0.4 is 9.47 Å². The Bertz CT molecular complexity index is 799. The summed E-state index contributed by atoms with van der Waals surface area (Å²) >= 11 is 1.75. The van der Waals surface area contributed by atoms with Crippen LogP contribution in [0.2, 0.25) is 0 Å². The molecule has 1 unspecified atom stereocenters. The lowest BCUT2D eigenvalue weighted by Gasteiger charge is -2.13. The number of hydrogen-bond acceptors (Lipinski definition) is 5. The van der Waals surface area contributed by atoms with Crippen LogP contribution in [0.4, 0.5) is 0 Å². The Kier molecular flexibility index (Phi) is 4.86. The minimum absolute atomic E-state index is 0.244. The largest absolute Gasteiger partial charge is 0.494 e. The highest BCUT2D eigenvalue weighted by Crippen LogP contribution is 2.42. The van der Waals surface area contributed by atoms with Crippen molar-refractivity contribution in [1.82, 2.24) is 14.8 Å². The summed E-state index contributed by atoms with van der Waals surface area (Å²) in [6.45, 7) is 9.18. The third-order valence-corrected chi connectivity index (χ3v) is 5.85. The predicted molar refractivity (Wildman–Crippen MR) is 103 cm³/mol. The van der Waals surface area contributed by atoms with Crippen molar-refractivity contribution in [1.29, 1.82) is 0 Å². The van der Waals surface area contributed by atoms with Gasteiger partial charge in [-0.1, -0.05) is 25.6 Å². The first-order valence-electron chi connectivity index (χ1n) is 9.59. The summed E-state index contributed by atoms with van der Waals surface area (Å²) < 4.78 is 14.2. The normalized spacial score (nSPS) is 18.9. The van der Waals surface area contributed by atoms with Crippen LogP contribution in [-0.2, 0) is 12.2 Å². The van der Waals surface area contributed by atoms with Crippen LogP contribution in [0.3, 0.4) is 0 Å². The Morgan fingerprint density at radius 3 is 2.81 bits per heavy atom. The van der Waals surface area contributed by atoms with E-state index in [-0.39, 0.29) is 6.10 Å². The number of thioether (sulfide) groups is 1. The van der Waals surface area contributed by atoms with Crippen LogP contribution in [0.1, 0.15) is 69.4 Å². The third kappa shape index (κ3) is 3.43. The van der Waals surface area contributed by atoms with Gasteiger partial charge >= 0.3 is 0 Å². The molecule has 0 saturated heterocycles. The van der Waals surface area contributed by atoms with Gasteiger partial charge in [0.1, 0.15) is 23.4 Å². The van der Waals surface area contributed by atoms with Gasteiger partial charge in [-0.05, 0) is 38.8 Å². The lowest BCUT2D eigenvalue weighted by Crippen LogP contribution is -2.05. The number of ether oxygens (including phenoxy) is 2. The molecule has 26 heavy (non-hydrogen) atoms. The van der Waals surface area contributed by atoms with Gasteiger partial charge in [0, 0.05) is 35.3 Å². The summed E-state index contributed by atoms with van der Waals surface area (Å²) in [7, 11) is 0. The van der Waals surface area contributed by atoms with Crippen molar-refractivity contribution in [2.75, 3.05) is 6.61 Å². The molecule has 1 fully saturated rings. The van der Waals surface area contributed by atoms with Gasteiger partial charge < -0.3 is 14.0 Å². The minimum Gasteiger partial charge on any atom is -0.494 e. The van der Waals surface area contributed by atoms with E-state index in [2.05, 4.69) is 47.7 Å². The zero-order valence-electron chi connectivity index (χ0n) is 16.0. The Labute approximate surface area is 159 Å². The van der Waals surface area contributed by atoms with E-state index in [9.17, 15) is 0 Å². The maximum Gasteiger partial charge on any atom is 0.191 e. The average Bonchev–Trinajstić information content (AvgIpc) is 3.23. The monoisotopic (exact) mass is 373 g/mol. The highest BCUT2D eigenvalue weighted by Gasteiger charge is 2.30. The predicted octanol–water partition coefficient (Wildman–Crippen LogP) is 4.75. The van der Waals surface area contributed by atoms with Crippen LogP contribution in [0.15, 0.2) is 17.3 Å². The fourth-order valence-electron chi connectivity index (χ4n) is 3.48. The molecule has 0 spiro atoms. The number of aromatic nitrogens is 3. The number of nitrogens with zero attached hydrogens (tertiary/aromatic N) is 3. The molecular formula is C20H27N3O2S. The molecule has 2 aromatic rings. The van der Waals surface area contributed by atoms with Crippen molar-refractivity contribution in [2.45, 2.75) is 75.9 Å². The summed E-state index contributed by atoms with van der Waals surface area (Å²) in [5, 5.41) is 9.95. The summed E-state index contributed by atoms with van der Waals surface area (Å²) in [6, 6.07) is 4.89. The second kappa shape index (κ2) is 7.14. The fourth-order valence-corrected chi connectivity index (χ4v) is 4.47. The SMILES string of the molecule is CCOc1cc2c(cc1CSc1nnc(C(C)C)n1C1CC1)OC(C)C2. The quantitative estimate of drug-likeness (QED) is 0.656. The van der Waals surface area contributed by atoms with Gasteiger partial charge in [0.25, 0.3) is 0 Å². The molecule has 1 aliphatic carbocycles. The number of rotatable bonds is 7. The van der Waals surface area contributed by atoms with Crippen LogP contribution in [0.5, 0.6) is 11.5 Å². The molecule has 4 rings (SSSR count). The zero-order valence-corrected chi connectivity index (χ0v) is 16.8. The van der Waals surface area contributed by atoms with Gasteiger partial charge in [0.2, 0.25) is 0 Å². The van der Waals surface area contributed by atoms with Gasteiger partial charge in [-0.2, -0.15) is 0 Å². The molecule has 1 atom stereocenters. The molecule has 1 aromatic heterocycles. The second-order valence-electron chi connectivity index (χ2n) is 7.52. The summed E-state index contributed by atoms with van der Waals surface area (Å²) in [4.78, 5) is 0. The van der Waals surface area contributed by atoms with Gasteiger partial charge in [-0.15, -0.1) is 10.2 Å². The molecule has 0 N–H and O–H groups in total. The molecule has 1 saturated carbocycles. The van der Waals surface area contributed by atoms with E-state index in [1.165, 1.54) is 24.0 Å². The third-order valence-electron chi connectivity index (χ3n) is 4.86. The first-order chi connectivity index (χ1) is 12.6. The minimum atomic E-state index is 0.244. The summed E-state index contributed by atoms with van der Waals surface area (Å²) in [5.41, 5.74) is 2.42. The Hall–Kier alpha value is -1.69. The average molecular weight is 374 g/mol. The lowest BCUT2D eigenvalue weighted by molar-refractivity contribution is 0.254. The van der Waals surface area contributed by atoms with Crippen molar-refractivity contribution < 1.29 is 9.47 Å². The van der Waals surface area contributed by atoms with Crippen LogP contribution in [0, 0.1) is 0 Å². The first-order valence-corrected chi connectivity index (χ1v) is 10.6. The van der Waals surface area contributed by atoms with Crippen molar-refractivity contribution in [2.24, 2.45) is 0 Å². The molecule has 6 heteroatoms. The Morgan fingerprint density at radius 1 is 1.31 bits per heavy atom. The fraction of sp³-hybridized carbons (Fsp3) is 0.600. The van der Waals surface area contributed by atoms with Crippen molar-refractivity contribution in [3.8, 4) is 11.5 Å². The van der Waals surface area contributed by atoms with Crippen LogP contribution in [-0.4, -0.2) is 27.5 Å². The number of hydrogen-bond donors (Lipinski definition) is 0. The smallest absolute Gasteiger partial charge is 0.191 e. The molecule has 140 valence electrons. The first kappa shape index (κ1) is 17.7. The van der Waals surface area contributed by atoms with Gasteiger partial charge in [-0.25, -0.2) is 0 Å². The molecule has 0 radical (unpaired) electrons. The lowest BCUT2D eigenvalue weighted by atomic mass is 10.1. The van der Waals surface area contributed by atoms with E-state index in [4.69, 9.17) is 9.47 Å². The molecule has 1 aromatic carbocycles. The van der Waals surface area contributed by atoms with E-state index >= 15 is 0 Å². The Morgan fingerprint density at radius 2 is 2.12 bits per heavy atom. The van der Waals surface area contributed by atoms with Crippen molar-refractivity contribution in [3.63, 3.8) is 0 Å². The zero-order chi connectivity index (χ0) is 18.3. The summed E-state index contributed by atoms with van der Waals surface area (Å²) in [5.74, 6) is 4.28. The summed E-state index contributed by atoms with van der Waals surface area (Å²) in [6.07, 6.45) is 3.67. The van der Waals surface area contributed by atoms with Crippen LogP contribution in [0.25, 0.3) is 0 Å². The number of benzene rings is 1. The molecule has 0 bridgehead atoms. The molecule has 2 heterocycles. The molecule has 1 aliphatic heterocycles. The molecular weight excluding hydrogens is 346 g/mol. The molecule has 0 amide bonds. The highest BCUT2D eigenvalue weighted by molar-refractivity contribution is 7.98. The maximum atomic E-state index is 5.94. The molecule has 2 aliphatic rings. The Balaban J connectivity index is 1.58. The van der Waals surface area contributed by atoms with Crippen molar-refractivity contribution in [3.05, 3.63) is 29.1 Å². The van der Waals surface area contributed by atoms with E-state index in [1.54, 1.807) is 11.8 Å². The van der Waals surface area contributed by atoms with Gasteiger partial charge in [-0.3, -0.25) is 0 Å². The maximum absolute atomic E-state index is 5.94. The number of fused-ring (bicyclic) bond motifs is 1. The van der Waals surface area contributed by atoms with E-state index in [0.717, 1.165) is 34.7 Å². The molecule has 5 nitrogen and oxygen atoms in total. The van der Waals surface area contributed by atoms with E-state index in [0.29, 0.717) is 18.6 Å². The van der Waals surface area contributed by atoms with E-state index in [1.807, 2.05) is 6.92 Å². The van der Waals surface area contributed by atoms with Crippen molar-refractivity contribution >= 4 is 11.8 Å². The highest BCUT2D eigenvalue weighted by atomic mass is 32.2. The van der Waals surface area contributed by atoms with Gasteiger partial charge in [0.15, 0.2) is 5.16 Å². The topological polar surface area (TPSA) is 49.2 Å². The standard InChI is InChI=1S/C20H27N3O2S/c1-5-24-17-9-14-8-13(4)25-18(14)10-15(17)11-26-20-22-21-19(12(2)3)23(20)16-6-7-16/h9-10,12-13,16H,5-8,11H2,1-4H3. The van der Waals surface area contributed by atoms with Crippen LogP contribution >= 0.6 is 11.8 Å².